The number of aliphatic carboxylic acids is 1. The number of nitrogens with one attached hydrogen (secondary N) is 2. The van der Waals surface area contributed by atoms with E-state index >= 15 is 0 Å². The Hall–Kier alpha value is -1.43. The van der Waals surface area contributed by atoms with Gasteiger partial charge in [-0.25, -0.2) is 0 Å². The van der Waals surface area contributed by atoms with Crippen molar-refractivity contribution in [2.45, 2.75) is 99.0 Å². The average Bonchev–Trinajstić information content (AvgIpc) is 2.57. The summed E-state index contributed by atoms with van der Waals surface area (Å²) in [4.78, 5) is 35.9. The van der Waals surface area contributed by atoms with Gasteiger partial charge < -0.3 is 15.7 Å². The lowest BCUT2D eigenvalue weighted by Crippen LogP contribution is -2.40. The number of rotatable bonds is 15. The number of unbranched alkanes of at least 4 members (excludes halogenated alkanes) is 1. The van der Waals surface area contributed by atoms with Gasteiger partial charge in [-0.3, -0.25) is 14.4 Å². The fourth-order valence-electron chi connectivity index (χ4n) is 3.68. The first-order chi connectivity index (χ1) is 13.1. The maximum atomic E-state index is 12.6. The van der Waals surface area contributed by atoms with Crippen LogP contribution in [0.1, 0.15) is 93.4 Å². The molecular weight excluding hydrogens is 368 g/mol. The number of hydrogen-bond acceptors (Lipinski definition) is 4. The first-order valence-electron chi connectivity index (χ1n) is 10.8. The van der Waals surface area contributed by atoms with Crippen LogP contribution in [0, 0.1) is 16.7 Å². The zero-order valence-electron chi connectivity index (χ0n) is 19.9. The molecule has 0 rings (SSSR count). The van der Waals surface area contributed by atoms with E-state index in [0.29, 0.717) is 32.2 Å². The summed E-state index contributed by atoms with van der Waals surface area (Å²) < 4.78 is 0. The van der Waals surface area contributed by atoms with Crippen LogP contribution in [-0.4, -0.2) is 41.9 Å². The van der Waals surface area contributed by atoms with Gasteiger partial charge in [0.25, 0.3) is 0 Å². The van der Waals surface area contributed by atoms with Gasteiger partial charge in [0.1, 0.15) is 5.78 Å². The second kappa shape index (κ2) is 11.7. The van der Waals surface area contributed by atoms with Gasteiger partial charge in [-0.05, 0) is 52.0 Å². The molecule has 0 aromatic rings. The SMILES string of the molecule is CNC(C)(C)CCC(=O)CC(C)(C)CC(C)(C)C(=O)NCCCCC(C)C(=O)O. The minimum absolute atomic E-state index is 0.0133. The van der Waals surface area contributed by atoms with Crippen molar-refractivity contribution in [2.75, 3.05) is 13.6 Å². The molecule has 0 bridgehead atoms. The maximum Gasteiger partial charge on any atom is 0.306 e. The summed E-state index contributed by atoms with van der Waals surface area (Å²) in [5.41, 5.74) is -0.873. The second-order valence-corrected chi connectivity index (χ2v) is 10.6. The molecule has 0 aliphatic carbocycles. The number of hydrogen-bond donors (Lipinski definition) is 3. The fraction of sp³-hybridized carbons (Fsp3) is 0.870. The number of amides is 1. The summed E-state index contributed by atoms with van der Waals surface area (Å²) >= 11 is 0. The van der Waals surface area contributed by atoms with Crippen molar-refractivity contribution >= 4 is 17.7 Å². The summed E-state index contributed by atoms with van der Waals surface area (Å²) in [5, 5.41) is 15.1. The molecule has 0 saturated carbocycles. The summed E-state index contributed by atoms with van der Waals surface area (Å²) in [6.45, 7) is 14.4. The summed E-state index contributed by atoms with van der Waals surface area (Å²) in [6.07, 6.45) is 4.59. The molecule has 0 fully saturated rings. The van der Waals surface area contributed by atoms with Crippen molar-refractivity contribution < 1.29 is 19.5 Å². The minimum atomic E-state index is -0.776. The molecule has 1 unspecified atom stereocenters. The lowest BCUT2D eigenvalue weighted by atomic mass is 9.71. The molecule has 0 aromatic heterocycles. The van der Waals surface area contributed by atoms with Crippen LogP contribution < -0.4 is 10.6 Å². The molecule has 29 heavy (non-hydrogen) atoms. The van der Waals surface area contributed by atoms with Gasteiger partial charge in [-0.15, -0.1) is 0 Å². The van der Waals surface area contributed by atoms with E-state index in [1.54, 1.807) is 6.92 Å². The van der Waals surface area contributed by atoms with Crippen molar-refractivity contribution in [3.8, 4) is 0 Å². The summed E-state index contributed by atoms with van der Waals surface area (Å²) in [5.74, 6) is -0.900. The number of carboxylic acids is 1. The van der Waals surface area contributed by atoms with Crippen molar-refractivity contribution in [1.82, 2.24) is 10.6 Å². The molecule has 0 aliphatic heterocycles. The zero-order chi connectivity index (χ0) is 22.9. The van der Waals surface area contributed by atoms with Crippen LogP contribution in [0.15, 0.2) is 0 Å². The molecule has 0 radical (unpaired) electrons. The second-order valence-electron chi connectivity index (χ2n) is 10.6. The largest absolute Gasteiger partial charge is 0.481 e. The highest BCUT2D eigenvalue weighted by molar-refractivity contribution is 5.82. The van der Waals surface area contributed by atoms with Crippen LogP contribution in [0.5, 0.6) is 0 Å². The first kappa shape index (κ1) is 27.6. The molecule has 0 spiro atoms. The van der Waals surface area contributed by atoms with Crippen molar-refractivity contribution in [1.29, 1.82) is 0 Å². The van der Waals surface area contributed by atoms with Crippen LogP contribution >= 0.6 is 0 Å². The third-order valence-corrected chi connectivity index (χ3v) is 5.69. The third-order valence-electron chi connectivity index (χ3n) is 5.69. The number of carbonyl (C=O) groups excluding carboxylic acids is 2. The quantitative estimate of drug-likeness (QED) is 0.351. The Morgan fingerprint density at radius 2 is 1.59 bits per heavy atom. The molecule has 1 atom stereocenters. The Labute approximate surface area is 177 Å². The van der Waals surface area contributed by atoms with Crippen LogP contribution in [0.2, 0.25) is 0 Å². The van der Waals surface area contributed by atoms with E-state index in [1.165, 1.54) is 0 Å². The topological polar surface area (TPSA) is 95.5 Å². The maximum absolute atomic E-state index is 12.6. The first-order valence-corrected chi connectivity index (χ1v) is 10.8. The van der Waals surface area contributed by atoms with Gasteiger partial charge in [-0.2, -0.15) is 0 Å². The van der Waals surface area contributed by atoms with Gasteiger partial charge in [0.05, 0.1) is 5.92 Å². The Bertz CT molecular complexity index is 553. The van der Waals surface area contributed by atoms with Gasteiger partial charge in [0, 0.05) is 30.3 Å². The number of Topliss-reactive ketones (excluding diaryl/α,β-unsaturated/α-hetero) is 1. The highest BCUT2D eigenvalue weighted by Crippen LogP contribution is 2.37. The third kappa shape index (κ3) is 12.0. The molecule has 6 heteroatoms. The lowest BCUT2D eigenvalue weighted by molar-refractivity contribution is -0.141. The predicted molar refractivity (Wildman–Crippen MR) is 118 cm³/mol. The molecule has 0 saturated heterocycles. The van der Waals surface area contributed by atoms with Crippen molar-refractivity contribution in [2.24, 2.45) is 16.7 Å². The molecule has 170 valence electrons. The van der Waals surface area contributed by atoms with E-state index in [2.05, 4.69) is 38.3 Å². The van der Waals surface area contributed by atoms with Crippen LogP contribution in [0.3, 0.4) is 0 Å². The molecule has 3 N–H and O–H groups in total. The number of carboxylic acid groups (broad SMARTS) is 1. The van der Waals surface area contributed by atoms with Gasteiger partial charge in [-0.1, -0.05) is 41.0 Å². The minimum Gasteiger partial charge on any atom is -0.481 e. The standard InChI is InChI=1S/C23H44N2O4/c1-17(19(27)28)11-9-10-14-25-20(29)22(4,5)16-21(2,3)15-18(26)12-13-23(6,7)24-8/h17,24H,9-16H2,1-8H3,(H,25,29)(H,27,28). The van der Waals surface area contributed by atoms with Gasteiger partial charge in [0.2, 0.25) is 5.91 Å². The van der Waals surface area contributed by atoms with Crippen LogP contribution in [0.25, 0.3) is 0 Å². The smallest absolute Gasteiger partial charge is 0.306 e. The highest BCUT2D eigenvalue weighted by Gasteiger charge is 2.35. The molecule has 0 heterocycles. The molecule has 0 aliphatic rings. The average molecular weight is 413 g/mol. The van der Waals surface area contributed by atoms with E-state index in [9.17, 15) is 14.4 Å². The fourth-order valence-corrected chi connectivity index (χ4v) is 3.68. The lowest BCUT2D eigenvalue weighted by Gasteiger charge is -2.34. The molecule has 6 nitrogen and oxygen atoms in total. The Kier molecular flexibility index (Phi) is 11.1. The molecule has 0 aromatic carbocycles. The zero-order valence-corrected chi connectivity index (χ0v) is 19.9. The van der Waals surface area contributed by atoms with E-state index in [0.717, 1.165) is 19.3 Å². The Morgan fingerprint density at radius 3 is 2.10 bits per heavy atom. The highest BCUT2D eigenvalue weighted by atomic mass is 16.4. The Balaban J connectivity index is 4.44. The van der Waals surface area contributed by atoms with E-state index in [1.807, 2.05) is 20.9 Å². The van der Waals surface area contributed by atoms with Gasteiger partial charge >= 0.3 is 5.97 Å². The summed E-state index contributed by atoms with van der Waals surface area (Å²) in [6, 6.07) is 0. The Morgan fingerprint density at radius 1 is 1.00 bits per heavy atom. The normalized spacial score (nSPS) is 13.8. The molecular formula is C23H44N2O4. The molecule has 1 amide bonds. The van der Waals surface area contributed by atoms with Crippen molar-refractivity contribution in [3.05, 3.63) is 0 Å². The van der Waals surface area contributed by atoms with Crippen molar-refractivity contribution in [3.63, 3.8) is 0 Å². The van der Waals surface area contributed by atoms with Crippen LogP contribution in [-0.2, 0) is 14.4 Å². The van der Waals surface area contributed by atoms with Gasteiger partial charge in [0.15, 0.2) is 0 Å². The monoisotopic (exact) mass is 412 g/mol. The van der Waals surface area contributed by atoms with E-state index in [-0.39, 0.29) is 28.6 Å². The van der Waals surface area contributed by atoms with Crippen LogP contribution in [0.4, 0.5) is 0 Å². The number of ketones is 1. The van der Waals surface area contributed by atoms with E-state index < -0.39 is 11.4 Å². The van der Waals surface area contributed by atoms with E-state index in [4.69, 9.17) is 5.11 Å². The number of carbonyl (C=O) groups is 3. The predicted octanol–water partition coefficient (Wildman–Crippen LogP) is 4.17. The summed E-state index contributed by atoms with van der Waals surface area (Å²) in [7, 11) is 1.91.